The summed E-state index contributed by atoms with van der Waals surface area (Å²) in [4.78, 5) is 12.2. The highest BCUT2D eigenvalue weighted by atomic mass is 79.9. The minimum atomic E-state index is -0.393. The molecule has 0 unspecified atom stereocenters. The topological polar surface area (TPSA) is 52.3 Å². The highest BCUT2D eigenvalue weighted by molar-refractivity contribution is 9.10. The van der Waals surface area contributed by atoms with Crippen LogP contribution in [0.2, 0.25) is 0 Å². The zero-order valence-corrected chi connectivity index (χ0v) is 13.2. The van der Waals surface area contributed by atoms with E-state index in [1.54, 1.807) is 6.92 Å². The van der Waals surface area contributed by atoms with Crippen LogP contribution in [0.15, 0.2) is 33.3 Å². The summed E-state index contributed by atoms with van der Waals surface area (Å²) in [6.45, 7) is 6.00. The molecule has 5 heteroatoms. The van der Waals surface area contributed by atoms with Crippen molar-refractivity contribution >= 4 is 21.9 Å². The van der Waals surface area contributed by atoms with Crippen molar-refractivity contribution in [2.75, 3.05) is 6.61 Å². The Morgan fingerprint density at radius 3 is 2.55 bits per heavy atom. The largest absolute Gasteiger partial charge is 0.462 e. The van der Waals surface area contributed by atoms with Gasteiger partial charge in [0.1, 0.15) is 11.3 Å². The molecule has 0 radical (unpaired) electrons. The Morgan fingerprint density at radius 1 is 1.35 bits per heavy atom. The molecular weight excluding hydrogens is 322 g/mol. The lowest BCUT2D eigenvalue weighted by Gasteiger charge is -2.06. The van der Waals surface area contributed by atoms with Gasteiger partial charge in [0.25, 0.3) is 0 Å². The standard InChI is InChI=1S/C15H16BrNO3/c1-4-19-15(18)12-13(17-20-14(12)9(2)3)10-5-7-11(16)8-6-10/h5-9H,4H2,1-3H3. The summed E-state index contributed by atoms with van der Waals surface area (Å²) in [5, 5.41) is 4.05. The quantitative estimate of drug-likeness (QED) is 0.775. The number of carbonyl (C=O) groups excluding carboxylic acids is 1. The molecule has 1 aromatic carbocycles. The number of halogens is 1. The summed E-state index contributed by atoms with van der Waals surface area (Å²) < 4.78 is 11.4. The third-order valence-electron chi connectivity index (χ3n) is 2.84. The van der Waals surface area contributed by atoms with E-state index in [-0.39, 0.29) is 5.92 Å². The maximum absolute atomic E-state index is 12.2. The van der Waals surface area contributed by atoms with E-state index in [1.165, 1.54) is 0 Å². The molecule has 20 heavy (non-hydrogen) atoms. The Morgan fingerprint density at radius 2 is 2.00 bits per heavy atom. The van der Waals surface area contributed by atoms with E-state index in [2.05, 4.69) is 21.1 Å². The van der Waals surface area contributed by atoms with Crippen LogP contribution in [-0.2, 0) is 4.74 Å². The summed E-state index contributed by atoms with van der Waals surface area (Å²) in [6, 6.07) is 7.56. The first-order valence-corrected chi connectivity index (χ1v) is 7.26. The molecule has 0 amide bonds. The number of nitrogens with zero attached hydrogens (tertiary/aromatic N) is 1. The van der Waals surface area contributed by atoms with Crippen molar-refractivity contribution in [3.05, 3.63) is 40.1 Å². The molecule has 106 valence electrons. The van der Waals surface area contributed by atoms with Crippen LogP contribution in [0.5, 0.6) is 0 Å². The average Bonchev–Trinajstić information content (AvgIpc) is 2.84. The summed E-state index contributed by atoms with van der Waals surface area (Å²) in [5.41, 5.74) is 1.77. The van der Waals surface area contributed by atoms with E-state index in [4.69, 9.17) is 9.26 Å². The first-order chi connectivity index (χ1) is 9.54. The van der Waals surface area contributed by atoms with Crippen molar-refractivity contribution in [3.63, 3.8) is 0 Å². The normalized spacial score (nSPS) is 10.8. The Balaban J connectivity index is 2.53. The SMILES string of the molecule is CCOC(=O)c1c(-c2ccc(Br)cc2)noc1C(C)C. The van der Waals surface area contributed by atoms with Gasteiger partial charge in [0.15, 0.2) is 5.76 Å². The molecule has 1 heterocycles. The van der Waals surface area contributed by atoms with Crippen LogP contribution in [0.3, 0.4) is 0 Å². The van der Waals surface area contributed by atoms with Crippen LogP contribution in [0.25, 0.3) is 11.3 Å². The second kappa shape index (κ2) is 6.22. The van der Waals surface area contributed by atoms with Gasteiger partial charge in [-0.3, -0.25) is 0 Å². The molecule has 0 bridgehead atoms. The zero-order valence-electron chi connectivity index (χ0n) is 11.6. The van der Waals surface area contributed by atoms with Crippen molar-refractivity contribution in [1.29, 1.82) is 0 Å². The molecule has 0 aliphatic carbocycles. The van der Waals surface area contributed by atoms with Gasteiger partial charge in [-0.25, -0.2) is 4.79 Å². The van der Waals surface area contributed by atoms with Gasteiger partial charge in [-0.2, -0.15) is 0 Å². The number of ether oxygens (including phenoxy) is 1. The van der Waals surface area contributed by atoms with Crippen LogP contribution in [0.4, 0.5) is 0 Å². The first kappa shape index (κ1) is 14.8. The van der Waals surface area contributed by atoms with E-state index in [1.807, 2.05) is 38.1 Å². The Hall–Kier alpha value is -1.62. The Bertz CT molecular complexity index is 602. The third-order valence-corrected chi connectivity index (χ3v) is 3.37. The van der Waals surface area contributed by atoms with E-state index in [0.717, 1.165) is 10.0 Å². The summed E-state index contributed by atoms with van der Waals surface area (Å²) in [7, 11) is 0. The molecule has 4 nitrogen and oxygen atoms in total. The predicted octanol–water partition coefficient (Wildman–Crippen LogP) is 4.40. The van der Waals surface area contributed by atoms with E-state index >= 15 is 0 Å². The Kier molecular flexibility index (Phi) is 4.60. The third kappa shape index (κ3) is 2.93. The van der Waals surface area contributed by atoms with Gasteiger partial charge >= 0.3 is 5.97 Å². The van der Waals surface area contributed by atoms with Gasteiger partial charge in [-0.15, -0.1) is 0 Å². The number of rotatable bonds is 4. The lowest BCUT2D eigenvalue weighted by atomic mass is 10.0. The zero-order chi connectivity index (χ0) is 14.7. The lowest BCUT2D eigenvalue weighted by molar-refractivity contribution is 0.0524. The minimum Gasteiger partial charge on any atom is -0.462 e. The summed E-state index contributed by atoms with van der Waals surface area (Å²) >= 11 is 3.38. The molecule has 0 N–H and O–H groups in total. The fourth-order valence-electron chi connectivity index (χ4n) is 1.90. The molecular formula is C15H16BrNO3. The van der Waals surface area contributed by atoms with Gasteiger partial charge < -0.3 is 9.26 Å². The molecule has 1 aromatic heterocycles. The number of hydrogen-bond donors (Lipinski definition) is 0. The maximum Gasteiger partial charge on any atom is 0.344 e. The van der Waals surface area contributed by atoms with Gasteiger partial charge in [0, 0.05) is 16.0 Å². The van der Waals surface area contributed by atoms with Crippen molar-refractivity contribution in [2.45, 2.75) is 26.7 Å². The van der Waals surface area contributed by atoms with E-state index in [0.29, 0.717) is 23.6 Å². The molecule has 0 aliphatic heterocycles. The number of aromatic nitrogens is 1. The number of benzene rings is 1. The van der Waals surface area contributed by atoms with Gasteiger partial charge in [0.05, 0.1) is 6.61 Å². The predicted molar refractivity (Wildman–Crippen MR) is 79.7 cm³/mol. The summed E-state index contributed by atoms with van der Waals surface area (Å²) in [5.74, 6) is 0.225. The van der Waals surface area contributed by atoms with Gasteiger partial charge in [-0.05, 0) is 19.1 Å². The highest BCUT2D eigenvalue weighted by Crippen LogP contribution is 2.31. The van der Waals surface area contributed by atoms with Crippen molar-refractivity contribution in [1.82, 2.24) is 5.16 Å². The molecule has 2 aromatic rings. The molecule has 0 fully saturated rings. The Labute approximate surface area is 126 Å². The van der Waals surface area contributed by atoms with Gasteiger partial charge in [-0.1, -0.05) is 47.1 Å². The monoisotopic (exact) mass is 337 g/mol. The minimum absolute atomic E-state index is 0.0612. The molecule has 2 rings (SSSR count). The van der Waals surface area contributed by atoms with Crippen molar-refractivity contribution in [3.8, 4) is 11.3 Å². The number of esters is 1. The molecule has 0 saturated heterocycles. The summed E-state index contributed by atoms with van der Waals surface area (Å²) in [6.07, 6.45) is 0. The van der Waals surface area contributed by atoms with Gasteiger partial charge in [0.2, 0.25) is 0 Å². The second-order valence-corrected chi connectivity index (χ2v) is 5.57. The van der Waals surface area contributed by atoms with Crippen molar-refractivity contribution < 1.29 is 14.1 Å². The molecule has 0 saturated carbocycles. The molecule has 0 aliphatic rings. The van der Waals surface area contributed by atoms with E-state index in [9.17, 15) is 4.79 Å². The van der Waals surface area contributed by atoms with Crippen molar-refractivity contribution in [2.24, 2.45) is 0 Å². The fraction of sp³-hybridized carbons (Fsp3) is 0.333. The smallest absolute Gasteiger partial charge is 0.344 e. The number of carbonyl (C=O) groups is 1. The number of hydrogen-bond acceptors (Lipinski definition) is 4. The van der Waals surface area contributed by atoms with E-state index < -0.39 is 5.97 Å². The van der Waals surface area contributed by atoms with Crippen LogP contribution in [0.1, 0.15) is 42.8 Å². The molecule has 0 spiro atoms. The second-order valence-electron chi connectivity index (χ2n) is 4.65. The maximum atomic E-state index is 12.2. The lowest BCUT2D eigenvalue weighted by Crippen LogP contribution is -2.08. The van der Waals surface area contributed by atoms with Crippen LogP contribution in [0, 0.1) is 0 Å². The highest BCUT2D eigenvalue weighted by Gasteiger charge is 2.26. The van der Waals surface area contributed by atoms with Crippen LogP contribution < -0.4 is 0 Å². The van der Waals surface area contributed by atoms with Crippen LogP contribution in [-0.4, -0.2) is 17.7 Å². The average molecular weight is 338 g/mol. The van der Waals surface area contributed by atoms with Crippen LogP contribution >= 0.6 is 15.9 Å². The fourth-order valence-corrected chi connectivity index (χ4v) is 2.17. The molecule has 0 atom stereocenters. The first-order valence-electron chi connectivity index (χ1n) is 6.47.